The zero-order valence-electron chi connectivity index (χ0n) is 21.2. The van der Waals surface area contributed by atoms with Crippen molar-refractivity contribution < 1.29 is 26.7 Å². The van der Waals surface area contributed by atoms with Crippen molar-refractivity contribution in [1.29, 1.82) is 0 Å². The minimum atomic E-state index is -3.63. The van der Waals surface area contributed by atoms with Crippen molar-refractivity contribution in [2.75, 3.05) is 25.5 Å². The molecule has 204 valence electrons. The van der Waals surface area contributed by atoms with Gasteiger partial charge in [-0.1, -0.05) is 12.8 Å². The number of hydrogen-bond acceptors (Lipinski definition) is 6. The van der Waals surface area contributed by atoms with Crippen molar-refractivity contribution in [1.82, 2.24) is 18.9 Å². The number of fused-ring (bicyclic) bond motifs is 1. The van der Waals surface area contributed by atoms with Gasteiger partial charge in [0.25, 0.3) is 12.3 Å². The molecule has 12 heteroatoms. The predicted octanol–water partition coefficient (Wildman–Crippen LogP) is 5.16. The molecule has 0 saturated carbocycles. The minimum absolute atomic E-state index is 0.00599. The molecule has 0 atom stereocenters. The van der Waals surface area contributed by atoms with Crippen LogP contribution < -0.4 is 10.1 Å². The number of nitrogens with zero attached hydrogens (tertiary/aromatic N) is 4. The summed E-state index contributed by atoms with van der Waals surface area (Å²) in [6, 6.07) is 13.9. The Morgan fingerprint density at radius 3 is 2.28 bits per heavy atom. The summed E-state index contributed by atoms with van der Waals surface area (Å²) in [5.74, 6) is -0.0173. The average molecular weight is 556 g/mol. The van der Waals surface area contributed by atoms with Crippen LogP contribution in [0.4, 0.5) is 14.5 Å². The smallest absolute Gasteiger partial charge is 0.280 e. The highest BCUT2D eigenvalue weighted by atomic mass is 32.2. The van der Waals surface area contributed by atoms with Gasteiger partial charge in [0.2, 0.25) is 10.0 Å². The van der Waals surface area contributed by atoms with Gasteiger partial charge in [-0.25, -0.2) is 26.7 Å². The molecule has 9 nitrogen and oxygen atoms in total. The highest BCUT2D eigenvalue weighted by molar-refractivity contribution is 7.89. The van der Waals surface area contributed by atoms with E-state index in [-0.39, 0.29) is 21.8 Å². The van der Waals surface area contributed by atoms with E-state index in [2.05, 4.69) is 15.4 Å². The molecule has 1 aliphatic rings. The maximum atomic E-state index is 13.9. The summed E-state index contributed by atoms with van der Waals surface area (Å²) in [4.78, 5) is 17.7. The van der Waals surface area contributed by atoms with Gasteiger partial charge in [-0.3, -0.25) is 4.79 Å². The van der Waals surface area contributed by atoms with Gasteiger partial charge in [0.15, 0.2) is 5.65 Å². The molecular formula is C27H27F2N5O4S. The summed E-state index contributed by atoms with van der Waals surface area (Å²) in [5, 5.41) is 6.66. The predicted molar refractivity (Wildman–Crippen MR) is 142 cm³/mol. The van der Waals surface area contributed by atoms with Gasteiger partial charge >= 0.3 is 0 Å². The Bertz CT molecular complexity index is 1580. The van der Waals surface area contributed by atoms with Crippen LogP contribution in [-0.4, -0.2) is 53.4 Å². The van der Waals surface area contributed by atoms with Crippen molar-refractivity contribution >= 4 is 27.3 Å². The van der Waals surface area contributed by atoms with E-state index in [0.29, 0.717) is 30.1 Å². The Morgan fingerprint density at radius 1 is 1.00 bits per heavy atom. The molecule has 39 heavy (non-hydrogen) atoms. The highest BCUT2D eigenvalue weighted by Crippen LogP contribution is 2.28. The molecule has 2 aromatic carbocycles. The maximum absolute atomic E-state index is 13.9. The molecule has 2 aromatic heterocycles. The molecule has 1 fully saturated rings. The standard InChI is InChI=1S/C27H27F2N5O4S/c1-38-20-10-6-18(7-11-20)23-16-24(25(28)29)34-26(32-23)22(17-30-34)27(35)31-19-8-12-21(13-9-19)39(36,37)33-14-4-2-3-5-15-33/h6-13,16-17,25H,2-5,14-15H2,1H3,(H,31,35). The van der Waals surface area contributed by atoms with E-state index in [1.54, 1.807) is 24.3 Å². The first-order chi connectivity index (χ1) is 18.8. The number of halogens is 2. The third kappa shape index (κ3) is 5.48. The topological polar surface area (TPSA) is 106 Å². The fraction of sp³-hybridized carbons (Fsp3) is 0.296. The Labute approximate surface area is 224 Å². The zero-order valence-corrected chi connectivity index (χ0v) is 22.0. The zero-order chi connectivity index (χ0) is 27.6. The van der Waals surface area contributed by atoms with Gasteiger partial charge in [-0.15, -0.1) is 0 Å². The lowest BCUT2D eigenvalue weighted by atomic mass is 10.1. The van der Waals surface area contributed by atoms with Gasteiger partial charge in [-0.05, 0) is 67.4 Å². The van der Waals surface area contributed by atoms with Crippen LogP contribution in [0.3, 0.4) is 0 Å². The molecule has 1 amide bonds. The number of sulfonamides is 1. The van der Waals surface area contributed by atoms with E-state index < -0.39 is 28.0 Å². The molecule has 4 aromatic rings. The van der Waals surface area contributed by atoms with Crippen LogP contribution in [0.5, 0.6) is 5.75 Å². The largest absolute Gasteiger partial charge is 0.497 e. The van der Waals surface area contributed by atoms with E-state index in [1.165, 1.54) is 47.9 Å². The van der Waals surface area contributed by atoms with Crippen LogP contribution in [0, 0.1) is 0 Å². The summed E-state index contributed by atoms with van der Waals surface area (Å²) >= 11 is 0. The summed E-state index contributed by atoms with van der Waals surface area (Å²) in [6.45, 7) is 0.976. The van der Waals surface area contributed by atoms with Crippen molar-refractivity contribution in [2.24, 2.45) is 0 Å². The maximum Gasteiger partial charge on any atom is 0.280 e. The number of carbonyl (C=O) groups is 1. The van der Waals surface area contributed by atoms with Crippen molar-refractivity contribution in [3.63, 3.8) is 0 Å². The first-order valence-corrected chi connectivity index (χ1v) is 13.9. The van der Waals surface area contributed by atoms with Crippen molar-refractivity contribution in [3.8, 4) is 17.0 Å². The van der Waals surface area contributed by atoms with Gasteiger partial charge in [0.1, 0.15) is 17.0 Å². The molecular weight excluding hydrogens is 528 g/mol. The number of rotatable bonds is 7. The molecule has 0 bridgehead atoms. The molecule has 0 unspecified atom stereocenters. The quantitative estimate of drug-likeness (QED) is 0.338. The molecule has 0 radical (unpaired) electrons. The number of benzene rings is 2. The Morgan fingerprint density at radius 2 is 1.67 bits per heavy atom. The van der Waals surface area contributed by atoms with Gasteiger partial charge in [0.05, 0.1) is 23.9 Å². The van der Waals surface area contributed by atoms with Crippen LogP contribution in [0.25, 0.3) is 16.9 Å². The number of amides is 1. The Hall–Kier alpha value is -3.90. The third-order valence-corrected chi connectivity index (χ3v) is 8.58. The molecule has 0 aliphatic carbocycles. The molecule has 1 N–H and O–H groups in total. The lowest BCUT2D eigenvalue weighted by Crippen LogP contribution is -2.31. The third-order valence-electron chi connectivity index (χ3n) is 6.67. The second-order valence-electron chi connectivity index (χ2n) is 9.19. The first-order valence-electron chi connectivity index (χ1n) is 12.5. The van der Waals surface area contributed by atoms with Crippen LogP contribution in [0.1, 0.15) is 48.2 Å². The number of hydrogen-bond donors (Lipinski definition) is 1. The number of alkyl halides is 2. The molecule has 1 saturated heterocycles. The fourth-order valence-electron chi connectivity index (χ4n) is 4.55. The second kappa shape index (κ2) is 11.1. The van der Waals surface area contributed by atoms with E-state index in [9.17, 15) is 22.0 Å². The van der Waals surface area contributed by atoms with Gasteiger partial charge in [0, 0.05) is 24.3 Å². The number of ether oxygens (including phenoxy) is 1. The van der Waals surface area contributed by atoms with E-state index in [4.69, 9.17) is 4.74 Å². The Kier molecular flexibility index (Phi) is 7.58. The van der Waals surface area contributed by atoms with Crippen molar-refractivity contribution in [3.05, 3.63) is 72.1 Å². The van der Waals surface area contributed by atoms with E-state index in [0.717, 1.165) is 30.2 Å². The number of anilines is 1. The first kappa shape index (κ1) is 26.7. The molecule has 0 spiro atoms. The summed E-state index contributed by atoms with van der Waals surface area (Å²) in [7, 11) is -2.11. The normalized spacial score (nSPS) is 14.9. The lowest BCUT2D eigenvalue weighted by Gasteiger charge is -2.20. The number of aromatic nitrogens is 3. The average Bonchev–Trinajstić information content (AvgIpc) is 3.17. The van der Waals surface area contributed by atoms with Gasteiger partial charge in [-0.2, -0.15) is 9.40 Å². The van der Waals surface area contributed by atoms with Crippen LogP contribution in [0.15, 0.2) is 65.7 Å². The van der Waals surface area contributed by atoms with Crippen LogP contribution >= 0.6 is 0 Å². The van der Waals surface area contributed by atoms with Gasteiger partial charge < -0.3 is 10.1 Å². The number of methoxy groups -OCH3 is 1. The molecule has 3 heterocycles. The van der Waals surface area contributed by atoms with Crippen LogP contribution in [-0.2, 0) is 10.0 Å². The minimum Gasteiger partial charge on any atom is -0.497 e. The number of nitrogens with one attached hydrogen (secondary N) is 1. The van der Waals surface area contributed by atoms with Crippen molar-refractivity contribution in [2.45, 2.75) is 37.0 Å². The second-order valence-corrected chi connectivity index (χ2v) is 11.1. The molecule has 1 aliphatic heterocycles. The highest BCUT2D eigenvalue weighted by Gasteiger charge is 2.26. The van der Waals surface area contributed by atoms with E-state index >= 15 is 0 Å². The summed E-state index contributed by atoms with van der Waals surface area (Å²) in [6.07, 6.45) is 2.00. The monoisotopic (exact) mass is 555 g/mol. The fourth-order valence-corrected chi connectivity index (χ4v) is 6.07. The summed E-state index contributed by atoms with van der Waals surface area (Å²) in [5.41, 5.74) is 0.708. The molecule has 5 rings (SSSR count). The van der Waals surface area contributed by atoms with Crippen LogP contribution in [0.2, 0.25) is 0 Å². The Balaban J connectivity index is 1.42. The van der Waals surface area contributed by atoms with E-state index in [1.807, 2.05) is 0 Å². The summed E-state index contributed by atoms with van der Waals surface area (Å²) < 4.78 is 61.5. The number of carbonyl (C=O) groups excluding carboxylic acids is 1. The lowest BCUT2D eigenvalue weighted by molar-refractivity contribution is 0.102. The SMILES string of the molecule is COc1ccc(-c2cc(C(F)F)n3ncc(C(=O)Nc4ccc(S(=O)(=O)N5CCCCCC5)cc4)c3n2)cc1.